The second-order valence-electron chi connectivity index (χ2n) is 5.26. The van der Waals surface area contributed by atoms with E-state index in [1.54, 1.807) is 12.1 Å². The predicted molar refractivity (Wildman–Crippen MR) is 88.0 cm³/mol. The fourth-order valence-electron chi connectivity index (χ4n) is 2.10. The number of alkyl halides is 3. The average Bonchev–Trinajstić information content (AvgIpc) is 2.53. The molecule has 138 valence electrons. The summed E-state index contributed by atoms with van der Waals surface area (Å²) in [5, 5.41) is 15.6. The molecule has 2 amide bonds. The number of aliphatic carboxylic acids is 1. The first-order valence-corrected chi connectivity index (χ1v) is 7.99. The molecule has 0 saturated heterocycles. The van der Waals surface area contributed by atoms with Crippen LogP contribution in [0.3, 0.4) is 0 Å². The van der Waals surface area contributed by atoms with Crippen LogP contribution >= 0.6 is 15.9 Å². The molecular weight excluding hydrogens is 458 g/mol. The van der Waals surface area contributed by atoms with Gasteiger partial charge in [-0.3, -0.25) is 4.98 Å². The molecule has 11 heteroatoms. The van der Waals surface area contributed by atoms with Crippen LogP contribution in [-0.4, -0.2) is 23.0 Å². The van der Waals surface area contributed by atoms with Gasteiger partial charge < -0.3 is 20.5 Å². The van der Waals surface area contributed by atoms with Gasteiger partial charge in [0.2, 0.25) is 0 Å². The van der Waals surface area contributed by atoms with Crippen molar-refractivity contribution in [2.75, 3.05) is 5.32 Å². The maximum Gasteiger partial charge on any atom is 1.00 e. The molecule has 6 nitrogen and oxygen atoms in total. The van der Waals surface area contributed by atoms with E-state index < -0.39 is 29.8 Å². The second kappa shape index (κ2) is 10.5. The third-order valence-electron chi connectivity index (χ3n) is 3.26. The van der Waals surface area contributed by atoms with Crippen LogP contribution in [0.2, 0.25) is 0 Å². The van der Waals surface area contributed by atoms with E-state index in [9.17, 15) is 27.9 Å². The number of carbonyl (C=O) groups excluding carboxylic acids is 2. The second-order valence-corrected chi connectivity index (χ2v) is 6.17. The molecule has 27 heavy (non-hydrogen) atoms. The van der Waals surface area contributed by atoms with E-state index >= 15 is 0 Å². The monoisotopic (exact) mass is 469 g/mol. The Morgan fingerprint density at radius 3 is 2.37 bits per heavy atom. The summed E-state index contributed by atoms with van der Waals surface area (Å²) in [7, 11) is 0. The summed E-state index contributed by atoms with van der Waals surface area (Å²) in [6.45, 7) is 0. The number of benzene rings is 1. The zero-order valence-corrected chi connectivity index (χ0v) is 18.7. The minimum atomic E-state index is -4.59. The summed E-state index contributed by atoms with van der Waals surface area (Å²) in [6, 6.07) is 3.65. The van der Waals surface area contributed by atoms with Gasteiger partial charge in [-0.15, -0.1) is 0 Å². The fraction of sp³-hybridized carbons (Fsp3) is 0.188. The molecule has 2 aromatic rings. The van der Waals surface area contributed by atoms with Crippen molar-refractivity contribution in [3.63, 3.8) is 0 Å². The van der Waals surface area contributed by atoms with Crippen molar-refractivity contribution in [3.05, 3.63) is 58.3 Å². The Morgan fingerprint density at radius 2 is 1.81 bits per heavy atom. The zero-order valence-electron chi connectivity index (χ0n) is 14.0. The molecule has 0 aliphatic rings. The number of hydrogen-bond acceptors (Lipinski definition) is 4. The van der Waals surface area contributed by atoms with Gasteiger partial charge in [0, 0.05) is 22.6 Å². The molecule has 0 aliphatic carbocycles. The van der Waals surface area contributed by atoms with Gasteiger partial charge in [-0.25, -0.2) is 4.79 Å². The Hall–Kier alpha value is -0.984. The Labute approximate surface area is 203 Å². The van der Waals surface area contributed by atoms with Gasteiger partial charge in [0.05, 0.1) is 17.6 Å². The van der Waals surface area contributed by atoms with Crippen molar-refractivity contribution in [2.24, 2.45) is 0 Å². The summed E-state index contributed by atoms with van der Waals surface area (Å²) in [4.78, 5) is 27.0. The SMILES string of the molecule is O=C(Nc1cc(Br)cc(C(F)(F)F)c1)NC(Cc1ccncc1)C(=O)[O-].[K+]. The number of anilines is 1. The van der Waals surface area contributed by atoms with Gasteiger partial charge in [-0.1, -0.05) is 15.9 Å². The molecule has 1 aromatic heterocycles. The van der Waals surface area contributed by atoms with Gasteiger partial charge in [-0.2, -0.15) is 13.2 Å². The minimum absolute atomic E-state index is 0. The number of halogens is 4. The molecule has 1 atom stereocenters. The van der Waals surface area contributed by atoms with Crippen LogP contribution in [0.4, 0.5) is 23.7 Å². The molecule has 0 saturated carbocycles. The smallest absolute Gasteiger partial charge is 0.548 e. The topological polar surface area (TPSA) is 94.2 Å². The third kappa shape index (κ3) is 7.88. The largest absolute Gasteiger partial charge is 1.00 e. The first kappa shape index (κ1) is 24.1. The maximum atomic E-state index is 12.8. The van der Waals surface area contributed by atoms with Gasteiger partial charge in [-0.05, 0) is 42.3 Å². The molecule has 0 bridgehead atoms. The molecule has 0 fully saturated rings. The van der Waals surface area contributed by atoms with Crippen LogP contribution in [0.1, 0.15) is 11.1 Å². The van der Waals surface area contributed by atoms with Crippen molar-refractivity contribution in [3.8, 4) is 0 Å². The van der Waals surface area contributed by atoms with E-state index in [1.165, 1.54) is 18.5 Å². The van der Waals surface area contributed by atoms with Gasteiger partial charge in [0.1, 0.15) is 0 Å². The van der Waals surface area contributed by atoms with E-state index in [0.29, 0.717) is 5.56 Å². The van der Waals surface area contributed by atoms with Gasteiger partial charge in [0.15, 0.2) is 0 Å². The molecule has 2 N–H and O–H groups in total. The molecule has 2 rings (SSSR count). The number of carbonyl (C=O) groups is 2. The van der Waals surface area contributed by atoms with Crippen LogP contribution in [0.5, 0.6) is 0 Å². The summed E-state index contributed by atoms with van der Waals surface area (Å²) < 4.78 is 38.5. The number of pyridine rings is 1. The molecule has 0 aliphatic heterocycles. The Kier molecular flexibility index (Phi) is 9.38. The van der Waals surface area contributed by atoms with Crippen molar-refractivity contribution < 1.29 is 79.3 Å². The Balaban J connectivity index is 0.00000364. The van der Waals surface area contributed by atoms with Crippen LogP contribution < -0.4 is 67.1 Å². The number of nitrogens with zero attached hydrogens (tertiary/aromatic N) is 1. The van der Waals surface area contributed by atoms with Crippen LogP contribution in [0, 0.1) is 0 Å². The predicted octanol–water partition coefficient (Wildman–Crippen LogP) is -0.650. The summed E-state index contributed by atoms with van der Waals surface area (Å²) >= 11 is 2.93. The van der Waals surface area contributed by atoms with Crippen LogP contribution in [0.15, 0.2) is 47.2 Å². The number of nitrogens with one attached hydrogen (secondary N) is 2. The summed E-state index contributed by atoms with van der Waals surface area (Å²) in [6.07, 6.45) is -1.74. The number of carboxylic acid groups (broad SMARTS) is 1. The number of hydrogen-bond donors (Lipinski definition) is 2. The quantitative estimate of drug-likeness (QED) is 0.569. The van der Waals surface area contributed by atoms with Crippen molar-refractivity contribution >= 4 is 33.6 Å². The van der Waals surface area contributed by atoms with Crippen molar-refractivity contribution in [1.82, 2.24) is 10.3 Å². The number of amides is 2. The Morgan fingerprint density at radius 1 is 1.19 bits per heavy atom. The minimum Gasteiger partial charge on any atom is -0.548 e. The maximum absolute atomic E-state index is 12.8. The van der Waals surface area contributed by atoms with Gasteiger partial charge >= 0.3 is 63.6 Å². The van der Waals surface area contributed by atoms with E-state index in [0.717, 1.165) is 12.1 Å². The average molecular weight is 470 g/mol. The zero-order chi connectivity index (χ0) is 19.3. The van der Waals surface area contributed by atoms with E-state index in [2.05, 4.69) is 31.5 Å². The molecule has 0 radical (unpaired) electrons. The van der Waals surface area contributed by atoms with Crippen LogP contribution in [-0.2, 0) is 17.4 Å². The normalized spacial score (nSPS) is 11.9. The van der Waals surface area contributed by atoms with Gasteiger partial charge in [0.25, 0.3) is 0 Å². The molecular formula is C16H12BrF3KN3O3. The standard InChI is InChI=1S/C16H13BrF3N3O3.K/c17-11-6-10(16(18,19)20)7-12(8-11)22-15(26)23-13(14(24)25)5-9-1-3-21-4-2-9;/h1-4,6-8,13H,5H2,(H,24,25)(H2,22,23,26);/q;+1/p-1. The first-order valence-electron chi connectivity index (χ1n) is 7.20. The van der Waals surface area contributed by atoms with E-state index in [1.807, 2.05) is 0 Å². The number of carboxylic acids is 1. The molecule has 1 heterocycles. The fourth-order valence-corrected chi connectivity index (χ4v) is 2.59. The molecule has 1 aromatic carbocycles. The summed E-state index contributed by atoms with van der Waals surface area (Å²) in [5.74, 6) is -1.53. The van der Waals surface area contributed by atoms with E-state index in [4.69, 9.17) is 0 Å². The van der Waals surface area contributed by atoms with E-state index in [-0.39, 0.29) is 68.0 Å². The number of rotatable bonds is 5. The number of urea groups is 1. The van der Waals surface area contributed by atoms with Crippen molar-refractivity contribution in [1.29, 1.82) is 0 Å². The van der Waals surface area contributed by atoms with Crippen LogP contribution in [0.25, 0.3) is 0 Å². The third-order valence-corrected chi connectivity index (χ3v) is 3.72. The van der Waals surface area contributed by atoms with Crippen molar-refractivity contribution in [2.45, 2.75) is 18.6 Å². The summed E-state index contributed by atoms with van der Waals surface area (Å²) in [5.41, 5.74) is -0.517. The Bertz CT molecular complexity index is 806. The molecule has 0 spiro atoms. The number of aromatic nitrogens is 1. The first-order chi connectivity index (χ1) is 12.1. The molecule has 1 unspecified atom stereocenters.